The number of hydrogen-bond donors (Lipinski definition) is 1. The van der Waals surface area contributed by atoms with Crippen LogP contribution >= 0.6 is 11.3 Å². The molecule has 1 aromatic heterocycles. The Hall–Kier alpha value is -0.380. The molecular formula is C6H9NOS. The molecule has 0 saturated heterocycles. The number of thiophene rings is 1. The highest BCUT2D eigenvalue weighted by atomic mass is 32.1. The Morgan fingerprint density at radius 3 is 3.00 bits per heavy atom. The van der Waals surface area contributed by atoms with E-state index < -0.39 is 0 Å². The summed E-state index contributed by atoms with van der Waals surface area (Å²) in [4.78, 5) is 5.68. The van der Waals surface area contributed by atoms with Gasteiger partial charge in [-0.05, 0) is 23.9 Å². The van der Waals surface area contributed by atoms with Crippen LogP contribution in [0.5, 0.6) is 0 Å². The first-order valence-corrected chi connectivity index (χ1v) is 3.57. The van der Waals surface area contributed by atoms with E-state index in [-0.39, 0.29) is 0 Å². The maximum atomic E-state index is 4.90. The maximum absolute atomic E-state index is 4.90. The smallest absolute Gasteiger partial charge is 0.102 e. The predicted molar refractivity (Wildman–Crippen MR) is 38.0 cm³/mol. The largest absolute Gasteiger partial charge is 0.299 e. The van der Waals surface area contributed by atoms with Crippen LogP contribution in [0.3, 0.4) is 0 Å². The van der Waals surface area contributed by atoms with Crippen molar-refractivity contribution >= 4 is 11.3 Å². The van der Waals surface area contributed by atoms with Gasteiger partial charge in [0.05, 0.1) is 0 Å². The molecule has 0 bridgehead atoms. The molecule has 0 unspecified atom stereocenters. The lowest BCUT2D eigenvalue weighted by molar-refractivity contribution is 0.126. The molecule has 0 radical (unpaired) electrons. The average molecular weight is 143 g/mol. The summed E-state index contributed by atoms with van der Waals surface area (Å²) in [6, 6.07) is 2.05. The van der Waals surface area contributed by atoms with Gasteiger partial charge in [-0.25, -0.2) is 5.90 Å². The summed E-state index contributed by atoms with van der Waals surface area (Å²) >= 11 is 1.67. The first-order valence-electron chi connectivity index (χ1n) is 2.69. The molecule has 1 heterocycles. The Kier molecular flexibility index (Phi) is 2.22. The molecule has 0 amide bonds. The molecular weight excluding hydrogens is 134 g/mol. The Morgan fingerprint density at radius 1 is 1.78 bits per heavy atom. The quantitative estimate of drug-likeness (QED) is 0.636. The molecule has 9 heavy (non-hydrogen) atoms. The zero-order valence-corrected chi connectivity index (χ0v) is 6.07. The van der Waals surface area contributed by atoms with Crippen molar-refractivity contribution in [1.29, 1.82) is 0 Å². The fourth-order valence-corrected chi connectivity index (χ4v) is 1.45. The van der Waals surface area contributed by atoms with Gasteiger partial charge in [0.25, 0.3) is 0 Å². The fraction of sp³-hybridized carbons (Fsp3) is 0.333. The third kappa shape index (κ3) is 1.51. The van der Waals surface area contributed by atoms with Crippen molar-refractivity contribution in [2.45, 2.75) is 13.5 Å². The Bertz CT molecular complexity index is 185. The lowest BCUT2D eigenvalue weighted by Crippen LogP contribution is -1.97. The van der Waals surface area contributed by atoms with E-state index in [9.17, 15) is 0 Å². The van der Waals surface area contributed by atoms with Gasteiger partial charge in [-0.2, -0.15) is 0 Å². The molecule has 0 saturated carbocycles. The average Bonchev–Trinajstić information content (AvgIpc) is 2.18. The van der Waals surface area contributed by atoms with Crippen LogP contribution in [0.15, 0.2) is 11.4 Å². The van der Waals surface area contributed by atoms with E-state index in [1.807, 2.05) is 12.3 Å². The van der Waals surface area contributed by atoms with E-state index in [0.29, 0.717) is 6.61 Å². The van der Waals surface area contributed by atoms with Gasteiger partial charge in [0.2, 0.25) is 0 Å². The highest BCUT2D eigenvalue weighted by molar-refractivity contribution is 7.10. The summed E-state index contributed by atoms with van der Waals surface area (Å²) in [6.07, 6.45) is 0. The number of aryl methyl sites for hydroxylation is 1. The van der Waals surface area contributed by atoms with Crippen LogP contribution in [-0.4, -0.2) is 0 Å². The molecule has 0 aromatic carbocycles. The van der Waals surface area contributed by atoms with Gasteiger partial charge < -0.3 is 0 Å². The molecule has 0 fully saturated rings. The molecule has 2 nitrogen and oxygen atoms in total. The van der Waals surface area contributed by atoms with Crippen molar-refractivity contribution in [1.82, 2.24) is 0 Å². The number of nitrogens with two attached hydrogens (primary N) is 1. The first kappa shape index (κ1) is 6.74. The van der Waals surface area contributed by atoms with Crippen LogP contribution in [-0.2, 0) is 11.4 Å². The standard InChI is InChI=1S/C6H9NOS/c1-5-2-3-9-6(5)4-8-7/h2-3H,4,7H2,1H3. The summed E-state index contributed by atoms with van der Waals surface area (Å²) < 4.78 is 0. The molecule has 3 heteroatoms. The van der Waals surface area contributed by atoms with Crippen LogP contribution < -0.4 is 5.90 Å². The van der Waals surface area contributed by atoms with Crippen molar-refractivity contribution in [3.05, 3.63) is 21.9 Å². The van der Waals surface area contributed by atoms with Crippen molar-refractivity contribution in [2.75, 3.05) is 0 Å². The van der Waals surface area contributed by atoms with Gasteiger partial charge in [-0.1, -0.05) is 0 Å². The summed E-state index contributed by atoms with van der Waals surface area (Å²) in [7, 11) is 0. The summed E-state index contributed by atoms with van der Waals surface area (Å²) in [5, 5.41) is 2.03. The van der Waals surface area contributed by atoms with E-state index >= 15 is 0 Å². The molecule has 1 rings (SSSR count). The third-order valence-corrected chi connectivity index (χ3v) is 2.18. The molecule has 0 aliphatic carbocycles. The van der Waals surface area contributed by atoms with E-state index in [2.05, 4.69) is 10.9 Å². The van der Waals surface area contributed by atoms with Gasteiger partial charge in [0, 0.05) is 4.88 Å². The van der Waals surface area contributed by atoms with Crippen LogP contribution in [0.25, 0.3) is 0 Å². The molecule has 0 aliphatic rings. The van der Waals surface area contributed by atoms with Crippen molar-refractivity contribution in [3.63, 3.8) is 0 Å². The van der Waals surface area contributed by atoms with Crippen molar-refractivity contribution in [3.8, 4) is 0 Å². The maximum Gasteiger partial charge on any atom is 0.102 e. The van der Waals surface area contributed by atoms with Gasteiger partial charge in [-0.15, -0.1) is 11.3 Å². The zero-order chi connectivity index (χ0) is 6.69. The third-order valence-electron chi connectivity index (χ3n) is 1.18. The molecule has 0 spiro atoms. The topological polar surface area (TPSA) is 35.2 Å². The van der Waals surface area contributed by atoms with E-state index in [1.165, 1.54) is 10.4 Å². The Morgan fingerprint density at radius 2 is 2.56 bits per heavy atom. The van der Waals surface area contributed by atoms with Crippen LogP contribution in [0.2, 0.25) is 0 Å². The molecule has 1 aromatic rings. The minimum Gasteiger partial charge on any atom is -0.299 e. The van der Waals surface area contributed by atoms with Gasteiger partial charge >= 0.3 is 0 Å². The minimum absolute atomic E-state index is 0.531. The van der Waals surface area contributed by atoms with Crippen LogP contribution in [0, 0.1) is 6.92 Å². The Balaban J connectivity index is 2.69. The second kappa shape index (κ2) is 2.96. The van der Waals surface area contributed by atoms with E-state index in [0.717, 1.165) is 0 Å². The van der Waals surface area contributed by atoms with E-state index in [4.69, 9.17) is 5.90 Å². The predicted octanol–water partition coefficient (Wildman–Crippen LogP) is 1.45. The van der Waals surface area contributed by atoms with E-state index in [1.54, 1.807) is 11.3 Å². The lowest BCUT2D eigenvalue weighted by Gasteiger charge is -1.93. The van der Waals surface area contributed by atoms with Crippen LogP contribution in [0.1, 0.15) is 10.4 Å². The fourth-order valence-electron chi connectivity index (χ4n) is 0.628. The number of hydrogen-bond acceptors (Lipinski definition) is 3. The van der Waals surface area contributed by atoms with Gasteiger partial charge in [0.15, 0.2) is 0 Å². The van der Waals surface area contributed by atoms with Crippen molar-refractivity contribution in [2.24, 2.45) is 5.90 Å². The SMILES string of the molecule is Cc1ccsc1CON. The normalized spacial score (nSPS) is 10.0. The molecule has 50 valence electrons. The molecule has 2 N–H and O–H groups in total. The molecule has 0 aliphatic heterocycles. The van der Waals surface area contributed by atoms with Gasteiger partial charge in [-0.3, -0.25) is 4.84 Å². The van der Waals surface area contributed by atoms with Gasteiger partial charge in [0.1, 0.15) is 6.61 Å². The summed E-state index contributed by atoms with van der Waals surface area (Å²) in [5.41, 5.74) is 1.26. The van der Waals surface area contributed by atoms with Crippen molar-refractivity contribution < 1.29 is 4.84 Å². The second-order valence-electron chi connectivity index (χ2n) is 1.84. The molecule has 0 atom stereocenters. The zero-order valence-electron chi connectivity index (χ0n) is 5.26. The number of rotatable bonds is 2. The monoisotopic (exact) mass is 143 g/mol. The Labute approximate surface area is 58.2 Å². The summed E-state index contributed by atoms with van der Waals surface area (Å²) in [6.45, 7) is 2.58. The summed E-state index contributed by atoms with van der Waals surface area (Å²) in [5.74, 6) is 4.90. The minimum atomic E-state index is 0.531. The highest BCUT2D eigenvalue weighted by Crippen LogP contribution is 2.15. The van der Waals surface area contributed by atoms with Crippen LogP contribution in [0.4, 0.5) is 0 Å². The highest BCUT2D eigenvalue weighted by Gasteiger charge is 1.96. The first-order chi connectivity index (χ1) is 4.34. The second-order valence-corrected chi connectivity index (χ2v) is 2.84. The lowest BCUT2D eigenvalue weighted by atomic mass is 10.3.